The Labute approximate surface area is 187 Å². The minimum atomic E-state index is -0.838. The van der Waals surface area contributed by atoms with E-state index in [1.807, 2.05) is 50.5 Å². The van der Waals surface area contributed by atoms with E-state index < -0.39 is 5.97 Å². The van der Waals surface area contributed by atoms with Gasteiger partial charge in [-0.25, -0.2) is 9.78 Å². The van der Waals surface area contributed by atoms with Crippen LogP contribution in [0.25, 0.3) is 10.4 Å². The molecule has 5 nitrogen and oxygen atoms in total. The van der Waals surface area contributed by atoms with E-state index in [4.69, 9.17) is 4.74 Å². The summed E-state index contributed by atoms with van der Waals surface area (Å²) in [6.45, 7) is 5.13. The first-order valence-corrected chi connectivity index (χ1v) is 11.3. The molecule has 0 fully saturated rings. The lowest BCUT2D eigenvalue weighted by Crippen LogP contribution is -2.22. The summed E-state index contributed by atoms with van der Waals surface area (Å²) in [5, 5.41) is 10.1. The van der Waals surface area contributed by atoms with Crippen molar-refractivity contribution in [1.29, 1.82) is 0 Å². The van der Waals surface area contributed by atoms with Crippen molar-refractivity contribution in [3.63, 3.8) is 0 Å². The van der Waals surface area contributed by atoms with Crippen molar-refractivity contribution < 1.29 is 14.6 Å². The Morgan fingerprint density at radius 1 is 1.26 bits per heavy atom. The molecule has 2 aromatic heterocycles. The van der Waals surface area contributed by atoms with Gasteiger partial charge in [-0.15, -0.1) is 11.3 Å². The maximum Gasteiger partial charge on any atom is 0.337 e. The highest BCUT2D eigenvalue weighted by atomic mass is 32.1. The summed E-state index contributed by atoms with van der Waals surface area (Å²) in [5.74, 6) is 0.388. The molecule has 31 heavy (non-hydrogen) atoms. The number of carboxylic acid groups (broad SMARTS) is 1. The molecule has 0 atom stereocenters. The third-order valence-corrected chi connectivity index (χ3v) is 6.98. The van der Waals surface area contributed by atoms with Gasteiger partial charge < -0.3 is 14.7 Å². The molecule has 2 heterocycles. The Morgan fingerprint density at radius 2 is 2.06 bits per heavy atom. The SMILES string of the molecule is CN(C)Cc1cc(Oc2ccccn2)ccc1-c1sc2c(c1C(=O)O)CC(C)(C)CC2. The lowest BCUT2D eigenvalue weighted by Gasteiger charge is -2.29. The summed E-state index contributed by atoms with van der Waals surface area (Å²) in [6.07, 6.45) is 4.53. The summed E-state index contributed by atoms with van der Waals surface area (Å²) in [7, 11) is 4.02. The summed E-state index contributed by atoms with van der Waals surface area (Å²) in [6, 6.07) is 11.4. The predicted molar refractivity (Wildman–Crippen MR) is 124 cm³/mol. The Bertz CT molecular complexity index is 1100. The zero-order valence-corrected chi connectivity index (χ0v) is 19.3. The Morgan fingerprint density at radius 3 is 2.74 bits per heavy atom. The van der Waals surface area contributed by atoms with Gasteiger partial charge in [0, 0.05) is 28.6 Å². The predicted octanol–water partition coefficient (Wildman–Crippen LogP) is 5.88. The second-order valence-electron chi connectivity index (χ2n) is 9.18. The number of hydrogen-bond acceptors (Lipinski definition) is 5. The van der Waals surface area contributed by atoms with Crippen molar-refractivity contribution in [2.24, 2.45) is 5.41 Å². The molecule has 0 saturated carbocycles. The molecule has 3 aromatic rings. The second-order valence-corrected chi connectivity index (χ2v) is 10.3. The van der Waals surface area contributed by atoms with Crippen LogP contribution in [0.3, 0.4) is 0 Å². The maximum atomic E-state index is 12.3. The summed E-state index contributed by atoms with van der Waals surface area (Å²) in [5.41, 5.74) is 3.64. The summed E-state index contributed by atoms with van der Waals surface area (Å²) >= 11 is 1.64. The van der Waals surface area contributed by atoms with Crippen molar-refractivity contribution in [1.82, 2.24) is 9.88 Å². The van der Waals surface area contributed by atoms with Gasteiger partial charge in [-0.1, -0.05) is 19.9 Å². The number of benzene rings is 1. The highest BCUT2D eigenvalue weighted by Gasteiger charge is 2.33. The van der Waals surface area contributed by atoms with Crippen molar-refractivity contribution in [3.8, 4) is 22.1 Å². The number of hydrogen-bond donors (Lipinski definition) is 1. The number of pyridine rings is 1. The van der Waals surface area contributed by atoms with Gasteiger partial charge >= 0.3 is 5.97 Å². The van der Waals surface area contributed by atoms with E-state index in [2.05, 4.69) is 23.7 Å². The van der Waals surface area contributed by atoms with Gasteiger partial charge in [0.15, 0.2) is 0 Å². The molecule has 0 unspecified atom stereocenters. The molecule has 0 amide bonds. The highest BCUT2D eigenvalue weighted by molar-refractivity contribution is 7.16. The average molecular weight is 437 g/mol. The van der Waals surface area contributed by atoms with Gasteiger partial charge in [0.2, 0.25) is 5.88 Å². The van der Waals surface area contributed by atoms with Crippen LogP contribution >= 0.6 is 11.3 Å². The first-order valence-electron chi connectivity index (χ1n) is 10.5. The molecule has 1 aromatic carbocycles. The van der Waals surface area contributed by atoms with E-state index in [0.29, 0.717) is 23.7 Å². The number of rotatable bonds is 6. The number of carbonyl (C=O) groups is 1. The maximum absolute atomic E-state index is 12.3. The molecule has 1 aliphatic rings. The average Bonchev–Trinajstić information content (AvgIpc) is 3.06. The number of nitrogens with zero attached hydrogens (tertiary/aromatic N) is 2. The summed E-state index contributed by atoms with van der Waals surface area (Å²) < 4.78 is 5.94. The topological polar surface area (TPSA) is 62.7 Å². The fourth-order valence-electron chi connectivity index (χ4n) is 4.19. The van der Waals surface area contributed by atoms with E-state index in [9.17, 15) is 9.90 Å². The first-order chi connectivity index (χ1) is 14.7. The lowest BCUT2D eigenvalue weighted by molar-refractivity contribution is 0.0696. The lowest BCUT2D eigenvalue weighted by atomic mass is 9.76. The van der Waals surface area contributed by atoms with Crippen molar-refractivity contribution >= 4 is 17.3 Å². The number of carboxylic acids is 1. The van der Waals surface area contributed by atoms with Crippen LogP contribution < -0.4 is 4.74 Å². The van der Waals surface area contributed by atoms with E-state index in [1.54, 1.807) is 17.5 Å². The fourth-order valence-corrected chi connectivity index (χ4v) is 5.56. The van der Waals surface area contributed by atoms with E-state index in [-0.39, 0.29) is 5.41 Å². The standard InChI is InChI=1S/C25H28N2O3S/c1-25(2)11-10-20-19(14-25)22(24(28)29)23(31-20)18-9-8-17(13-16(18)15-27(3)4)30-21-7-5-6-12-26-21/h5-9,12-13H,10-11,14-15H2,1-4H3,(H,28,29). The van der Waals surface area contributed by atoms with Crippen molar-refractivity contribution in [2.75, 3.05) is 14.1 Å². The first kappa shape index (κ1) is 21.5. The van der Waals surface area contributed by atoms with Crippen LogP contribution in [-0.2, 0) is 19.4 Å². The minimum Gasteiger partial charge on any atom is -0.478 e. The smallest absolute Gasteiger partial charge is 0.337 e. The molecule has 162 valence electrons. The highest BCUT2D eigenvalue weighted by Crippen LogP contribution is 2.46. The number of thiophene rings is 1. The van der Waals surface area contributed by atoms with Gasteiger partial charge in [0.25, 0.3) is 0 Å². The largest absolute Gasteiger partial charge is 0.478 e. The van der Waals surface area contributed by atoms with Crippen LogP contribution in [-0.4, -0.2) is 35.1 Å². The molecule has 0 aliphatic heterocycles. The quantitative estimate of drug-likeness (QED) is 0.523. The number of ether oxygens (including phenoxy) is 1. The van der Waals surface area contributed by atoms with E-state index in [0.717, 1.165) is 40.8 Å². The van der Waals surface area contributed by atoms with Crippen LogP contribution in [0, 0.1) is 5.41 Å². The van der Waals surface area contributed by atoms with E-state index >= 15 is 0 Å². The molecule has 1 N–H and O–H groups in total. The zero-order valence-electron chi connectivity index (χ0n) is 18.4. The Hall–Kier alpha value is -2.70. The van der Waals surface area contributed by atoms with Gasteiger partial charge in [-0.2, -0.15) is 0 Å². The molecule has 6 heteroatoms. The number of aromatic carboxylic acids is 1. The molecule has 1 aliphatic carbocycles. The Balaban J connectivity index is 1.80. The van der Waals surface area contributed by atoms with Crippen LogP contribution in [0.4, 0.5) is 0 Å². The third-order valence-electron chi connectivity index (χ3n) is 5.66. The zero-order chi connectivity index (χ0) is 22.2. The van der Waals surface area contributed by atoms with Crippen molar-refractivity contribution in [2.45, 2.75) is 39.7 Å². The van der Waals surface area contributed by atoms with Gasteiger partial charge in [0.1, 0.15) is 5.75 Å². The van der Waals surface area contributed by atoms with Crippen LogP contribution in [0.1, 0.15) is 46.6 Å². The molecule has 4 rings (SSSR count). The van der Waals surface area contributed by atoms with Crippen molar-refractivity contribution in [3.05, 3.63) is 64.2 Å². The fraction of sp³-hybridized carbons (Fsp3) is 0.360. The molecule has 0 bridgehead atoms. The summed E-state index contributed by atoms with van der Waals surface area (Å²) in [4.78, 5) is 20.7. The molecular formula is C25H28N2O3S. The molecule has 0 radical (unpaired) electrons. The van der Waals surface area contributed by atoms with Gasteiger partial charge in [-0.3, -0.25) is 0 Å². The van der Waals surface area contributed by atoms with Crippen LogP contribution in [0.15, 0.2) is 42.6 Å². The Kier molecular flexibility index (Phi) is 5.86. The molecular weight excluding hydrogens is 408 g/mol. The number of aryl methyl sites for hydroxylation is 1. The van der Waals surface area contributed by atoms with Gasteiger partial charge in [0.05, 0.1) is 5.56 Å². The molecule has 0 spiro atoms. The number of fused-ring (bicyclic) bond motifs is 1. The van der Waals surface area contributed by atoms with Crippen LogP contribution in [0.2, 0.25) is 0 Å². The van der Waals surface area contributed by atoms with E-state index in [1.165, 1.54) is 4.88 Å². The number of aromatic nitrogens is 1. The second kappa shape index (κ2) is 8.44. The minimum absolute atomic E-state index is 0.127. The molecule has 0 saturated heterocycles. The van der Waals surface area contributed by atoms with Gasteiger partial charge in [-0.05, 0) is 79.7 Å². The van der Waals surface area contributed by atoms with Crippen LogP contribution in [0.5, 0.6) is 11.6 Å². The normalized spacial score (nSPS) is 15.0. The third kappa shape index (κ3) is 4.65. The monoisotopic (exact) mass is 436 g/mol.